The number of hydrogen-bond acceptors (Lipinski definition) is 5. The lowest BCUT2D eigenvalue weighted by Crippen LogP contribution is -2.51. The topological polar surface area (TPSA) is 92.7 Å². The maximum absolute atomic E-state index is 4.70. The van der Waals surface area contributed by atoms with Crippen LogP contribution < -0.4 is 16.0 Å². The van der Waals surface area contributed by atoms with Crippen LogP contribution in [0.25, 0.3) is 0 Å². The average molecular weight is 407 g/mol. The van der Waals surface area contributed by atoms with Gasteiger partial charge in [0.25, 0.3) is 0 Å². The first kappa shape index (κ1) is 20.0. The summed E-state index contributed by atoms with van der Waals surface area (Å²) >= 11 is 0. The third-order valence-corrected chi connectivity index (χ3v) is 5.39. The quantitative estimate of drug-likeness (QED) is 0.613. The van der Waals surface area contributed by atoms with Crippen molar-refractivity contribution in [3.8, 4) is 0 Å². The first-order valence-electron chi connectivity index (χ1n) is 10.3. The van der Waals surface area contributed by atoms with Crippen molar-refractivity contribution in [2.45, 2.75) is 45.7 Å². The highest BCUT2D eigenvalue weighted by Crippen LogP contribution is 2.29. The zero-order chi connectivity index (χ0) is 21.3. The van der Waals surface area contributed by atoms with Crippen LogP contribution in [0.15, 0.2) is 52.1 Å². The molecule has 0 amide bonds. The molecule has 1 aromatic heterocycles. The van der Waals surface area contributed by atoms with E-state index in [1.165, 1.54) is 11.1 Å². The van der Waals surface area contributed by atoms with Gasteiger partial charge in [-0.2, -0.15) is 5.10 Å². The molecule has 0 fully saturated rings. The van der Waals surface area contributed by atoms with Gasteiger partial charge in [0.1, 0.15) is 11.5 Å². The summed E-state index contributed by atoms with van der Waals surface area (Å²) in [5.74, 6) is 1.61. The van der Waals surface area contributed by atoms with Gasteiger partial charge in [-0.3, -0.25) is 10.1 Å². The Balaban J connectivity index is 1.58. The van der Waals surface area contributed by atoms with Gasteiger partial charge in [0.05, 0.1) is 12.5 Å². The Morgan fingerprint density at radius 2 is 2.10 bits per heavy atom. The average Bonchev–Trinajstić information content (AvgIpc) is 3.33. The highest BCUT2D eigenvalue weighted by atomic mass is 15.4. The molecule has 2 aliphatic rings. The lowest BCUT2D eigenvalue weighted by atomic mass is 9.86. The maximum atomic E-state index is 4.70. The van der Waals surface area contributed by atoms with Crippen LogP contribution in [0.5, 0.6) is 0 Å². The molecule has 2 aliphatic heterocycles. The van der Waals surface area contributed by atoms with E-state index in [0.717, 1.165) is 29.2 Å². The minimum Gasteiger partial charge on any atom is -0.340 e. The van der Waals surface area contributed by atoms with E-state index in [9.17, 15) is 0 Å². The van der Waals surface area contributed by atoms with Crippen molar-refractivity contribution < 1.29 is 0 Å². The molecule has 0 saturated carbocycles. The first-order valence-corrected chi connectivity index (χ1v) is 10.3. The van der Waals surface area contributed by atoms with Crippen molar-refractivity contribution in [2.75, 3.05) is 18.9 Å². The number of likely N-dealkylation sites (N-methyl/N-ethyl adjacent to an activating group) is 1. The van der Waals surface area contributed by atoms with E-state index in [4.69, 9.17) is 4.99 Å². The van der Waals surface area contributed by atoms with E-state index in [1.807, 2.05) is 30.7 Å². The number of nitrogens with zero attached hydrogens (tertiary/aromatic N) is 4. The number of aryl methyl sites for hydroxylation is 1. The third-order valence-electron chi connectivity index (χ3n) is 5.39. The van der Waals surface area contributed by atoms with Crippen molar-refractivity contribution in [1.82, 2.24) is 25.7 Å². The second-order valence-corrected chi connectivity index (χ2v) is 8.80. The fraction of sp³-hybridized carbons (Fsp3) is 0.409. The Morgan fingerprint density at radius 1 is 1.27 bits per heavy atom. The van der Waals surface area contributed by atoms with Crippen molar-refractivity contribution in [3.05, 3.63) is 58.8 Å². The zero-order valence-electron chi connectivity index (χ0n) is 18.2. The molecule has 4 N–H and O–H groups in total. The van der Waals surface area contributed by atoms with Gasteiger partial charge in [-0.1, -0.05) is 32.9 Å². The number of anilines is 1. The number of benzene rings is 1. The standard InChI is InChI=1S/C22H30N8/c1-14-6-7-16(22(2,3)4)10-17(14)27-20-18-19(24-13-30(18)5)28-21(29-20)23-9-8-15-11-25-26-12-15/h6-7,10-13,19,27H,8-9H2,1-5H3,(H,25,26)(H2,23,28,29). The third kappa shape index (κ3) is 4.17. The van der Waals surface area contributed by atoms with E-state index in [1.54, 1.807) is 0 Å². The Morgan fingerprint density at radius 3 is 2.83 bits per heavy atom. The van der Waals surface area contributed by atoms with Crippen LogP contribution in [0.3, 0.4) is 0 Å². The molecule has 4 rings (SSSR count). The molecule has 0 aliphatic carbocycles. The van der Waals surface area contributed by atoms with E-state index < -0.39 is 0 Å². The minimum atomic E-state index is -0.155. The lowest BCUT2D eigenvalue weighted by molar-refractivity contribution is 0.555. The highest BCUT2D eigenvalue weighted by Gasteiger charge is 2.31. The summed E-state index contributed by atoms with van der Waals surface area (Å²) in [4.78, 5) is 11.3. The minimum absolute atomic E-state index is 0.0823. The second-order valence-electron chi connectivity index (χ2n) is 8.80. The second kappa shape index (κ2) is 7.85. The number of H-pyrrole nitrogens is 1. The molecule has 30 heavy (non-hydrogen) atoms. The molecule has 1 aromatic carbocycles. The number of aromatic amines is 1. The normalized spacial score (nSPS) is 19.7. The van der Waals surface area contributed by atoms with Crippen LogP contribution in [0.2, 0.25) is 0 Å². The molecule has 2 aromatic rings. The van der Waals surface area contributed by atoms with Gasteiger partial charge in [0.2, 0.25) is 0 Å². The summed E-state index contributed by atoms with van der Waals surface area (Å²) < 4.78 is 0. The van der Waals surface area contributed by atoms with Gasteiger partial charge >= 0.3 is 0 Å². The van der Waals surface area contributed by atoms with Crippen molar-refractivity contribution >= 4 is 18.0 Å². The Bertz CT molecular complexity index is 995. The van der Waals surface area contributed by atoms with Crippen LogP contribution >= 0.6 is 0 Å². The molecule has 1 unspecified atom stereocenters. The number of fused-ring (bicyclic) bond motifs is 1. The zero-order valence-corrected chi connectivity index (χ0v) is 18.2. The number of hydrogen-bond donors (Lipinski definition) is 4. The first-order chi connectivity index (χ1) is 14.3. The Labute approximate surface area is 177 Å². The summed E-state index contributed by atoms with van der Waals surface area (Å²) in [6, 6.07) is 6.60. The summed E-state index contributed by atoms with van der Waals surface area (Å²) in [6.07, 6.45) is 6.23. The SMILES string of the molecule is Cc1ccc(C(C)(C)C)cc1NC1=C2C(N=CN2C)NC(=NCCc2cn[nH]c2)N1. The van der Waals surface area contributed by atoms with Crippen LogP contribution in [0, 0.1) is 6.92 Å². The summed E-state index contributed by atoms with van der Waals surface area (Å²) in [7, 11) is 2.00. The highest BCUT2D eigenvalue weighted by molar-refractivity contribution is 5.86. The largest absolute Gasteiger partial charge is 0.340 e. The van der Waals surface area contributed by atoms with Gasteiger partial charge < -0.3 is 20.9 Å². The number of guanidine groups is 1. The van der Waals surface area contributed by atoms with Gasteiger partial charge in [-0.25, -0.2) is 4.99 Å². The van der Waals surface area contributed by atoms with E-state index in [2.05, 4.69) is 77.0 Å². The number of nitrogens with one attached hydrogen (secondary N) is 4. The fourth-order valence-electron chi connectivity index (χ4n) is 3.51. The lowest BCUT2D eigenvalue weighted by Gasteiger charge is -2.30. The molecular formula is C22H30N8. The predicted molar refractivity (Wildman–Crippen MR) is 121 cm³/mol. The maximum Gasteiger partial charge on any atom is 0.198 e. The van der Waals surface area contributed by atoms with Crippen molar-refractivity contribution in [2.24, 2.45) is 9.98 Å². The molecule has 0 bridgehead atoms. The monoisotopic (exact) mass is 406 g/mol. The molecule has 8 heteroatoms. The van der Waals surface area contributed by atoms with E-state index in [0.29, 0.717) is 12.5 Å². The molecule has 3 heterocycles. The number of aliphatic imine (C=N–C) groups is 2. The molecule has 0 radical (unpaired) electrons. The Kier molecular flexibility index (Phi) is 5.24. The van der Waals surface area contributed by atoms with Crippen LogP contribution in [0.4, 0.5) is 5.69 Å². The van der Waals surface area contributed by atoms with Crippen LogP contribution in [-0.2, 0) is 11.8 Å². The van der Waals surface area contributed by atoms with Crippen LogP contribution in [0.1, 0.15) is 37.5 Å². The number of aromatic nitrogens is 2. The summed E-state index contributed by atoms with van der Waals surface area (Å²) in [5.41, 5.74) is 5.82. The van der Waals surface area contributed by atoms with Gasteiger partial charge in [-0.15, -0.1) is 0 Å². The summed E-state index contributed by atoms with van der Waals surface area (Å²) in [5, 5.41) is 17.2. The summed E-state index contributed by atoms with van der Waals surface area (Å²) in [6.45, 7) is 9.46. The van der Waals surface area contributed by atoms with Crippen LogP contribution in [-0.4, -0.2) is 47.2 Å². The predicted octanol–water partition coefficient (Wildman–Crippen LogP) is 2.69. The molecule has 0 spiro atoms. The molecular weight excluding hydrogens is 376 g/mol. The van der Waals surface area contributed by atoms with Gasteiger partial charge in [0.15, 0.2) is 12.1 Å². The molecule has 0 saturated heterocycles. The molecule has 158 valence electrons. The molecule has 8 nitrogen and oxygen atoms in total. The smallest absolute Gasteiger partial charge is 0.198 e. The molecule has 1 atom stereocenters. The van der Waals surface area contributed by atoms with Gasteiger partial charge in [0, 0.05) is 25.5 Å². The van der Waals surface area contributed by atoms with Crippen molar-refractivity contribution in [3.63, 3.8) is 0 Å². The van der Waals surface area contributed by atoms with E-state index in [-0.39, 0.29) is 11.6 Å². The Hall–Kier alpha value is -3.29. The van der Waals surface area contributed by atoms with Gasteiger partial charge in [-0.05, 0) is 41.5 Å². The van der Waals surface area contributed by atoms with Crippen molar-refractivity contribution in [1.29, 1.82) is 0 Å². The number of rotatable bonds is 5. The fourth-order valence-corrected chi connectivity index (χ4v) is 3.51. The van der Waals surface area contributed by atoms with E-state index >= 15 is 0 Å².